The van der Waals surface area contributed by atoms with Crippen molar-refractivity contribution in [3.05, 3.63) is 29.6 Å². The summed E-state index contributed by atoms with van der Waals surface area (Å²) in [5.41, 5.74) is 2.49. The summed E-state index contributed by atoms with van der Waals surface area (Å²) in [6.45, 7) is 4.32. The summed E-state index contributed by atoms with van der Waals surface area (Å²) in [5.74, 6) is 0.517. The highest BCUT2D eigenvalue weighted by Gasteiger charge is 2.04. The molecule has 0 aliphatic carbocycles. The fourth-order valence-electron chi connectivity index (χ4n) is 1.08. The van der Waals surface area contributed by atoms with E-state index >= 15 is 0 Å². The Kier molecular flexibility index (Phi) is 5.76. The largest absolute Gasteiger partial charge is 0.261 e. The van der Waals surface area contributed by atoms with E-state index in [1.807, 2.05) is 12.3 Å². The van der Waals surface area contributed by atoms with Crippen molar-refractivity contribution in [2.45, 2.75) is 25.1 Å². The number of hydrogen-bond acceptors (Lipinski definition) is 1. The summed E-state index contributed by atoms with van der Waals surface area (Å²) in [5, 5.41) is 0.897. The highest BCUT2D eigenvalue weighted by atomic mass is 79.9. The van der Waals surface area contributed by atoms with Gasteiger partial charge in [0.2, 0.25) is 0 Å². The zero-order chi connectivity index (χ0) is 8.27. The number of hydrogen-bond donors (Lipinski definition) is 0. The van der Waals surface area contributed by atoms with Crippen LogP contribution in [0, 0.1) is 0 Å². The van der Waals surface area contributed by atoms with Crippen molar-refractivity contribution < 1.29 is 0 Å². The van der Waals surface area contributed by atoms with Gasteiger partial charge in [-0.3, -0.25) is 4.98 Å². The molecule has 0 saturated heterocycles. The number of nitrogens with zero attached hydrogens (tertiary/aromatic N) is 1. The fourth-order valence-corrected chi connectivity index (χ4v) is 1.56. The van der Waals surface area contributed by atoms with E-state index in [1.54, 1.807) is 0 Å². The Morgan fingerprint density at radius 2 is 2.17 bits per heavy atom. The Labute approximate surface area is 92.5 Å². The second-order valence-electron chi connectivity index (χ2n) is 2.84. The molecule has 1 nitrogen and oxygen atoms in total. The first-order chi connectivity index (χ1) is 5.25. The van der Waals surface area contributed by atoms with Crippen molar-refractivity contribution in [2.75, 3.05) is 0 Å². The molecule has 12 heavy (non-hydrogen) atoms. The molecule has 0 N–H and O–H groups in total. The Morgan fingerprint density at radius 1 is 1.50 bits per heavy atom. The van der Waals surface area contributed by atoms with E-state index in [9.17, 15) is 0 Å². The summed E-state index contributed by atoms with van der Waals surface area (Å²) in [6, 6.07) is 4.08. The third-order valence-corrected chi connectivity index (χ3v) is 2.22. The third kappa shape index (κ3) is 2.87. The number of rotatable bonds is 2. The van der Waals surface area contributed by atoms with Crippen molar-refractivity contribution in [1.82, 2.24) is 4.98 Å². The molecule has 0 unspecified atom stereocenters. The predicted molar refractivity (Wildman–Crippen MR) is 61.3 cm³/mol. The van der Waals surface area contributed by atoms with Gasteiger partial charge in [0.1, 0.15) is 0 Å². The first-order valence-corrected chi connectivity index (χ1v) is 4.87. The van der Waals surface area contributed by atoms with Gasteiger partial charge in [0.05, 0.1) is 0 Å². The number of halogens is 2. The molecule has 0 aromatic carbocycles. The van der Waals surface area contributed by atoms with Crippen molar-refractivity contribution in [1.29, 1.82) is 0 Å². The average molecular weight is 295 g/mol. The van der Waals surface area contributed by atoms with Gasteiger partial charge in [-0.15, -0.1) is 17.0 Å². The van der Waals surface area contributed by atoms with Gasteiger partial charge >= 0.3 is 0 Å². The number of pyridine rings is 1. The topological polar surface area (TPSA) is 12.9 Å². The lowest BCUT2D eigenvalue weighted by atomic mass is 10.1. The molecule has 1 heterocycles. The Morgan fingerprint density at radius 3 is 2.58 bits per heavy atom. The van der Waals surface area contributed by atoms with Crippen LogP contribution in [-0.4, -0.2) is 4.98 Å². The smallest absolute Gasteiger partial charge is 0.0469 e. The van der Waals surface area contributed by atoms with Crippen LogP contribution in [0.15, 0.2) is 18.3 Å². The van der Waals surface area contributed by atoms with E-state index < -0.39 is 0 Å². The first kappa shape index (κ1) is 12.1. The van der Waals surface area contributed by atoms with Gasteiger partial charge in [0, 0.05) is 17.2 Å². The summed E-state index contributed by atoms with van der Waals surface area (Å²) >= 11 is 3.44. The van der Waals surface area contributed by atoms with Crippen molar-refractivity contribution >= 4 is 32.9 Å². The molecule has 0 fully saturated rings. The Bertz CT molecular complexity index is 236. The van der Waals surface area contributed by atoms with Gasteiger partial charge in [-0.1, -0.05) is 35.8 Å². The van der Waals surface area contributed by atoms with Crippen LogP contribution in [0.25, 0.3) is 0 Å². The second kappa shape index (κ2) is 5.70. The van der Waals surface area contributed by atoms with Gasteiger partial charge in [-0.05, 0) is 17.5 Å². The molecule has 0 aliphatic heterocycles. The van der Waals surface area contributed by atoms with Gasteiger partial charge < -0.3 is 0 Å². The fraction of sp³-hybridized carbons (Fsp3) is 0.444. The maximum absolute atomic E-state index is 4.32. The van der Waals surface area contributed by atoms with Crippen LogP contribution in [0.3, 0.4) is 0 Å². The van der Waals surface area contributed by atoms with Gasteiger partial charge in [0.25, 0.3) is 0 Å². The molecule has 3 heteroatoms. The minimum atomic E-state index is 0. The summed E-state index contributed by atoms with van der Waals surface area (Å²) in [4.78, 5) is 4.32. The highest BCUT2D eigenvalue weighted by Crippen LogP contribution is 2.18. The molecule has 0 radical (unpaired) electrons. The predicted octanol–water partition coefficient (Wildman–Crippen LogP) is 3.68. The normalized spacial score (nSPS) is 9.67. The summed E-state index contributed by atoms with van der Waals surface area (Å²) in [6.07, 6.45) is 1.85. The second-order valence-corrected chi connectivity index (χ2v) is 3.40. The molecule has 1 aromatic heterocycles. The van der Waals surface area contributed by atoms with E-state index in [0.717, 1.165) is 5.33 Å². The maximum atomic E-state index is 4.32. The highest BCUT2D eigenvalue weighted by molar-refractivity contribution is 9.08. The molecule has 0 saturated carbocycles. The minimum Gasteiger partial charge on any atom is -0.261 e. The first-order valence-electron chi connectivity index (χ1n) is 3.75. The van der Waals surface area contributed by atoms with Crippen LogP contribution < -0.4 is 0 Å². The molecular weight excluding hydrogens is 282 g/mol. The van der Waals surface area contributed by atoms with Crippen molar-refractivity contribution in [3.8, 4) is 0 Å². The van der Waals surface area contributed by atoms with Crippen LogP contribution in [0.4, 0.5) is 0 Å². The zero-order valence-corrected chi connectivity index (χ0v) is 10.5. The number of alkyl halides is 1. The Balaban J connectivity index is 0.00000121. The molecule has 68 valence electrons. The lowest BCUT2D eigenvalue weighted by Crippen LogP contribution is -1.96. The SMILES string of the molecule is Br.CC(C)c1ncccc1CBr. The van der Waals surface area contributed by atoms with Crippen LogP contribution in [0.2, 0.25) is 0 Å². The van der Waals surface area contributed by atoms with Crippen LogP contribution in [-0.2, 0) is 5.33 Å². The lowest BCUT2D eigenvalue weighted by molar-refractivity contribution is 0.810. The molecule has 0 aliphatic rings. The van der Waals surface area contributed by atoms with Crippen LogP contribution in [0.1, 0.15) is 31.0 Å². The van der Waals surface area contributed by atoms with Gasteiger partial charge in [-0.2, -0.15) is 0 Å². The maximum Gasteiger partial charge on any atom is 0.0469 e. The van der Waals surface area contributed by atoms with Crippen molar-refractivity contribution in [3.63, 3.8) is 0 Å². The molecular formula is C9H13Br2N. The average Bonchev–Trinajstić information content (AvgIpc) is 2.04. The molecule has 0 spiro atoms. The van der Waals surface area contributed by atoms with E-state index in [2.05, 4.69) is 40.8 Å². The monoisotopic (exact) mass is 293 g/mol. The quantitative estimate of drug-likeness (QED) is 0.758. The van der Waals surface area contributed by atoms with Crippen LogP contribution in [0.5, 0.6) is 0 Å². The van der Waals surface area contributed by atoms with Gasteiger partial charge in [0.15, 0.2) is 0 Å². The molecule has 0 amide bonds. The van der Waals surface area contributed by atoms with Gasteiger partial charge in [-0.25, -0.2) is 0 Å². The molecule has 1 rings (SSSR count). The van der Waals surface area contributed by atoms with Crippen LogP contribution >= 0.6 is 32.9 Å². The summed E-state index contributed by atoms with van der Waals surface area (Å²) in [7, 11) is 0. The third-order valence-electron chi connectivity index (χ3n) is 1.62. The van der Waals surface area contributed by atoms with E-state index in [1.165, 1.54) is 11.3 Å². The van der Waals surface area contributed by atoms with E-state index in [4.69, 9.17) is 0 Å². The minimum absolute atomic E-state index is 0. The number of aromatic nitrogens is 1. The zero-order valence-electron chi connectivity index (χ0n) is 7.25. The summed E-state index contributed by atoms with van der Waals surface area (Å²) < 4.78 is 0. The van der Waals surface area contributed by atoms with E-state index in [-0.39, 0.29) is 17.0 Å². The van der Waals surface area contributed by atoms with Crippen molar-refractivity contribution in [2.24, 2.45) is 0 Å². The molecule has 1 aromatic rings. The molecule has 0 bridgehead atoms. The van der Waals surface area contributed by atoms with E-state index in [0.29, 0.717) is 5.92 Å². The molecule has 0 atom stereocenters. The lowest BCUT2D eigenvalue weighted by Gasteiger charge is -2.07. The Hall–Kier alpha value is 0.110. The standard InChI is InChI=1S/C9H12BrN.BrH/c1-7(2)9-8(6-10)4-3-5-11-9;/h3-5,7H,6H2,1-2H3;1H.